The standard InChI is InChI=1S/C23H30ClN3O3S2.BrH/c1-4-5-6-10-15-27-22(25-19-11-8-7-9-12-19)31-17-23(27,28)18-13-14-20(24)21(16-18)32(29,30)26(2)3;/h7-9,11-14,16,28H,4-6,10,15,17H2,1-3H3;1H/b25-22+;. The maximum atomic E-state index is 12.8. The van der Waals surface area contributed by atoms with Gasteiger partial charge in [0.1, 0.15) is 4.90 Å². The summed E-state index contributed by atoms with van der Waals surface area (Å²) in [6.07, 6.45) is 4.19. The second kappa shape index (κ2) is 12.0. The van der Waals surface area contributed by atoms with Crippen LogP contribution >= 0.6 is 40.3 Å². The van der Waals surface area contributed by atoms with Gasteiger partial charge in [0.2, 0.25) is 10.0 Å². The summed E-state index contributed by atoms with van der Waals surface area (Å²) < 4.78 is 26.7. The number of sulfonamides is 1. The van der Waals surface area contributed by atoms with E-state index in [2.05, 4.69) is 6.92 Å². The summed E-state index contributed by atoms with van der Waals surface area (Å²) in [5.41, 5.74) is -0.0839. The van der Waals surface area contributed by atoms with Gasteiger partial charge in [-0.1, -0.05) is 73.8 Å². The van der Waals surface area contributed by atoms with Gasteiger partial charge in [-0.2, -0.15) is 0 Å². The molecule has 0 bridgehead atoms. The van der Waals surface area contributed by atoms with Crippen molar-refractivity contribution in [2.75, 3.05) is 26.4 Å². The number of benzene rings is 2. The lowest BCUT2D eigenvalue weighted by atomic mass is 10.0. The molecule has 1 saturated heterocycles. The van der Waals surface area contributed by atoms with E-state index in [1.165, 1.54) is 38.0 Å². The van der Waals surface area contributed by atoms with Crippen molar-refractivity contribution in [3.63, 3.8) is 0 Å². The van der Waals surface area contributed by atoms with E-state index in [1.54, 1.807) is 6.07 Å². The third-order valence-corrected chi connectivity index (χ3v) is 8.86. The summed E-state index contributed by atoms with van der Waals surface area (Å²) in [5.74, 6) is 0.343. The molecule has 0 radical (unpaired) electrons. The van der Waals surface area contributed by atoms with Crippen LogP contribution in [-0.4, -0.2) is 54.3 Å². The molecule has 10 heteroatoms. The number of halogens is 2. The smallest absolute Gasteiger partial charge is 0.244 e. The number of thioether (sulfide) groups is 1. The molecule has 0 aromatic heterocycles. The van der Waals surface area contributed by atoms with Crippen molar-refractivity contribution in [2.45, 2.75) is 43.2 Å². The van der Waals surface area contributed by atoms with Crippen LogP contribution in [0.3, 0.4) is 0 Å². The van der Waals surface area contributed by atoms with Gasteiger partial charge in [0.25, 0.3) is 0 Å². The molecule has 0 aliphatic carbocycles. The maximum Gasteiger partial charge on any atom is 0.244 e. The zero-order chi connectivity index (χ0) is 23.4. The topological polar surface area (TPSA) is 73.2 Å². The fourth-order valence-electron chi connectivity index (χ4n) is 3.55. The Labute approximate surface area is 216 Å². The Kier molecular flexibility index (Phi) is 10.3. The van der Waals surface area contributed by atoms with Gasteiger partial charge in [0.15, 0.2) is 10.9 Å². The minimum Gasteiger partial charge on any atom is -0.366 e. The molecule has 1 aliphatic rings. The summed E-state index contributed by atoms with van der Waals surface area (Å²) in [5, 5.41) is 12.7. The van der Waals surface area contributed by atoms with Gasteiger partial charge < -0.3 is 10.0 Å². The minimum absolute atomic E-state index is 0. The van der Waals surface area contributed by atoms with Crippen LogP contribution in [-0.2, 0) is 15.7 Å². The highest BCUT2D eigenvalue weighted by atomic mass is 79.9. The van der Waals surface area contributed by atoms with Crippen LogP contribution in [0.4, 0.5) is 5.69 Å². The maximum absolute atomic E-state index is 12.8. The van der Waals surface area contributed by atoms with Crippen molar-refractivity contribution in [1.82, 2.24) is 9.21 Å². The number of hydrogen-bond acceptors (Lipinski definition) is 5. The number of rotatable bonds is 9. The lowest BCUT2D eigenvalue weighted by molar-refractivity contribution is -0.0484. The van der Waals surface area contributed by atoms with E-state index in [9.17, 15) is 13.5 Å². The van der Waals surface area contributed by atoms with E-state index in [0.29, 0.717) is 17.9 Å². The SMILES string of the molecule is Br.CCCCCCN1/C(=N\c2ccccc2)SCC1(O)c1ccc(Cl)c(S(=O)(=O)N(C)C)c1. The largest absolute Gasteiger partial charge is 0.366 e. The van der Waals surface area contributed by atoms with Crippen molar-refractivity contribution < 1.29 is 13.5 Å². The fourth-order valence-corrected chi connectivity index (χ4v) is 6.16. The van der Waals surface area contributed by atoms with Crippen molar-refractivity contribution >= 4 is 61.2 Å². The summed E-state index contributed by atoms with van der Waals surface area (Å²) >= 11 is 7.71. The molecule has 1 unspecified atom stereocenters. The quantitative estimate of drug-likeness (QED) is 0.392. The van der Waals surface area contributed by atoms with Crippen LogP contribution < -0.4 is 0 Å². The molecule has 182 valence electrons. The molecular formula is C23H31BrClN3O3S2. The van der Waals surface area contributed by atoms with Crippen LogP contribution in [0.2, 0.25) is 5.02 Å². The number of aliphatic hydroxyl groups is 1. The van der Waals surface area contributed by atoms with E-state index >= 15 is 0 Å². The van der Waals surface area contributed by atoms with E-state index in [0.717, 1.165) is 40.8 Å². The zero-order valence-corrected chi connectivity index (χ0v) is 23.2. The van der Waals surface area contributed by atoms with Gasteiger partial charge >= 0.3 is 0 Å². The van der Waals surface area contributed by atoms with Crippen LogP contribution in [0, 0.1) is 0 Å². The molecule has 1 N–H and O–H groups in total. The highest BCUT2D eigenvalue weighted by Gasteiger charge is 2.45. The molecule has 1 fully saturated rings. The van der Waals surface area contributed by atoms with Gasteiger partial charge in [0, 0.05) is 26.2 Å². The van der Waals surface area contributed by atoms with Gasteiger partial charge in [-0.15, -0.1) is 17.0 Å². The third-order valence-electron chi connectivity index (χ3n) is 5.45. The molecular weight excluding hydrogens is 546 g/mol. The molecule has 3 rings (SSSR count). The Morgan fingerprint density at radius 3 is 2.48 bits per heavy atom. The van der Waals surface area contributed by atoms with Crippen LogP contribution in [0.25, 0.3) is 0 Å². The zero-order valence-electron chi connectivity index (χ0n) is 19.1. The van der Waals surface area contributed by atoms with Gasteiger partial charge in [0.05, 0.1) is 16.5 Å². The van der Waals surface area contributed by atoms with E-state index in [-0.39, 0.29) is 26.9 Å². The first-order chi connectivity index (χ1) is 15.2. The predicted octanol–water partition coefficient (Wildman–Crippen LogP) is 5.63. The van der Waals surface area contributed by atoms with Crippen LogP contribution in [0.1, 0.15) is 38.2 Å². The normalized spacial score (nSPS) is 19.8. The first kappa shape index (κ1) is 28.1. The Bertz CT molecular complexity index is 1070. The van der Waals surface area contributed by atoms with E-state index < -0.39 is 15.7 Å². The second-order valence-electron chi connectivity index (χ2n) is 7.98. The number of aliphatic imine (C=N–C) groups is 1. The monoisotopic (exact) mass is 575 g/mol. The molecule has 1 heterocycles. The van der Waals surface area contributed by atoms with E-state index in [4.69, 9.17) is 16.6 Å². The van der Waals surface area contributed by atoms with Gasteiger partial charge in [-0.05, 0) is 30.7 Å². The number of hydrogen-bond donors (Lipinski definition) is 1. The average molecular weight is 577 g/mol. The molecule has 1 atom stereocenters. The minimum atomic E-state index is -3.76. The van der Waals surface area contributed by atoms with Crippen LogP contribution in [0.5, 0.6) is 0 Å². The lowest BCUT2D eigenvalue weighted by Crippen LogP contribution is -2.45. The highest BCUT2D eigenvalue weighted by Crippen LogP contribution is 2.41. The van der Waals surface area contributed by atoms with Crippen molar-refractivity contribution in [1.29, 1.82) is 0 Å². The molecule has 2 aromatic carbocycles. The number of nitrogens with zero attached hydrogens (tertiary/aromatic N) is 3. The Hall–Kier alpha value is -1.10. The predicted molar refractivity (Wildman–Crippen MR) is 143 cm³/mol. The molecule has 6 nitrogen and oxygen atoms in total. The first-order valence-electron chi connectivity index (χ1n) is 10.7. The number of unbranched alkanes of at least 4 members (excludes halogenated alkanes) is 3. The molecule has 2 aromatic rings. The molecule has 0 amide bonds. The first-order valence-corrected chi connectivity index (χ1v) is 13.5. The van der Waals surface area contributed by atoms with Crippen molar-refractivity contribution in [2.24, 2.45) is 4.99 Å². The van der Waals surface area contributed by atoms with Gasteiger partial charge in [-0.3, -0.25) is 0 Å². The number of amidine groups is 1. The fraction of sp³-hybridized carbons (Fsp3) is 0.435. The van der Waals surface area contributed by atoms with E-state index in [1.807, 2.05) is 35.2 Å². The third kappa shape index (κ3) is 6.32. The average Bonchev–Trinajstić information content (AvgIpc) is 3.08. The molecule has 0 spiro atoms. The molecule has 0 saturated carbocycles. The lowest BCUT2D eigenvalue weighted by Gasteiger charge is -2.35. The number of para-hydroxylation sites is 1. The second-order valence-corrected chi connectivity index (χ2v) is 11.5. The van der Waals surface area contributed by atoms with Gasteiger partial charge in [-0.25, -0.2) is 17.7 Å². The molecule has 1 aliphatic heterocycles. The Morgan fingerprint density at radius 1 is 1.15 bits per heavy atom. The van der Waals surface area contributed by atoms with Crippen molar-refractivity contribution in [3.8, 4) is 0 Å². The molecule has 33 heavy (non-hydrogen) atoms. The summed E-state index contributed by atoms with van der Waals surface area (Å²) in [4.78, 5) is 6.65. The summed E-state index contributed by atoms with van der Waals surface area (Å²) in [6, 6.07) is 14.4. The van der Waals surface area contributed by atoms with Crippen LogP contribution in [0.15, 0.2) is 58.4 Å². The summed E-state index contributed by atoms with van der Waals surface area (Å²) in [7, 11) is -0.833. The summed E-state index contributed by atoms with van der Waals surface area (Å²) in [6.45, 7) is 2.78. The Morgan fingerprint density at radius 2 is 1.85 bits per heavy atom. The highest BCUT2D eigenvalue weighted by molar-refractivity contribution is 8.93. The van der Waals surface area contributed by atoms with Crippen molar-refractivity contribution in [3.05, 3.63) is 59.1 Å². The Balaban J connectivity index is 0.00000385.